The number of benzene rings is 1. The van der Waals surface area contributed by atoms with E-state index in [-0.39, 0.29) is 11.9 Å². The van der Waals surface area contributed by atoms with Crippen LogP contribution in [-0.4, -0.2) is 37.0 Å². The molecule has 1 heterocycles. The summed E-state index contributed by atoms with van der Waals surface area (Å²) in [7, 11) is 1.67. The van der Waals surface area contributed by atoms with Crippen LogP contribution in [0, 0.1) is 5.92 Å². The van der Waals surface area contributed by atoms with Crippen molar-refractivity contribution in [3.05, 3.63) is 29.8 Å². The first-order valence-electron chi connectivity index (χ1n) is 7.69. The minimum Gasteiger partial charge on any atom is -0.497 e. The van der Waals surface area contributed by atoms with E-state index in [1.807, 2.05) is 17.0 Å². The third kappa shape index (κ3) is 3.97. The molecular formula is C17H26N2O2. The van der Waals surface area contributed by atoms with Crippen LogP contribution in [-0.2, 0) is 4.79 Å². The molecule has 1 aliphatic heterocycles. The molecular weight excluding hydrogens is 264 g/mol. The molecule has 0 aromatic heterocycles. The Labute approximate surface area is 127 Å². The highest BCUT2D eigenvalue weighted by molar-refractivity contribution is 5.82. The number of nitrogens with two attached hydrogens (primary N) is 1. The number of methoxy groups -OCH3 is 1. The monoisotopic (exact) mass is 290 g/mol. The van der Waals surface area contributed by atoms with Crippen LogP contribution in [0.1, 0.15) is 38.2 Å². The topological polar surface area (TPSA) is 55.6 Å². The summed E-state index contributed by atoms with van der Waals surface area (Å²) in [6.07, 6.45) is 1.76. The Morgan fingerprint density at radius 1 is 1.38 bits per heavy atom. The largest absolute Gasteiger partial charge is 0.497 e. The van der Waals surface area contributed by atoms with Crippen LogP contribution in [0.15, 0.2) is 24.3 Å². The number of likely N-dealkylation sites (tertiary alicyclic amines) is 1. The third-order valence-corrected chi connectivity index (χ3v) is 4.13. The predicted molar refractivity (Wildman–Crippen MR) is 84.4 cm³/mol. The van der Waals surface area contributed by atoms with Gasteiger partial charge in [-0.1, -0.05) is 26.0 Å². The fraction of sp³-hybridized carbons (Fsp3) is 0.588. The molecule has 0 bridgehead atoms. The van der Waals surface area contributed by atoms with Gasteiger partial charge >= 0.3 is 0 Å². The van der Waals surface area contributed by atoms with E-state index >= 15 is 0 Å². The number of carbonyl (C=O) groups is 1. The van der Waals surface area contributed by atoms with Crippen LogP contribution >= 0.6 is 0 Å². The third-order valence-electron chi connectivity index (χ3n) is 4.13. The van der Waals surface area contributed by atoms with Gasteiger partial charge in [-0.05, 0) is 36.5 Å². The highest BCUT2D eigenvalue weighted by Gasteiger charge is 2.30. The number of nitrogens with zero attached hydrogens (tertiary/aromatic N) is 1. The van der Waals surface area contributed by atoms with Crippen molar-refractivity contribution in [2.24, 2.45) is 11.7 Å². The molecule has 1 saturated heterocycles. The smallest absolute Gasteiger partial charge is 0.239 e. The lowest BCUT2D eigenvalue weighted by molar-refractivity contribution is -0.131. The van der Waals surface area contributed by atoms with Gasteiger partial charge in [0.25, 0.3) is 0 Å². The molecule has 0 radical (unpaired) electrons. The van der Waals surface area contributed by atoms with Gasteiger partial charge in [-0.3, -0.25) is 4.79 Å². The lowest BCUT2D eigenvalue weighted by Gasteiger charge is -2.22. The summed E-state index contributed by atoms with van der Waals surface area (Å²) in [5.41, 5.74) is 7.28. The normalized spacial score (nSPS) is 19.9. The fourth-order valence-electron chi connectivity index (χ4n) is 2.95. The molecule has 1 aromatic carbocycles. The zero-order valence-corrected chi connectivity index (χ0v) is 13.2. The van der Waals surface area contributed by atoms with E-state index < -0.39 is 0 Å². The van der Waals surface area contributed by atoms with Gasteiger partial charge < -0.3 is 15.4 Å². The molecule has 0 spiro atoms. The summed E-state index contributed by atoms with van der Waals surface area (Å²) in [5.74, 6) is 1.82. The Bertz CT molecular complexity index is 470. The summed E-state index contributed by atoms with van der Waals surface area (Å²) < 4.78 is 5.18. The molecule has 1 aromatic rings. The first kappa shape index (κ1) is 15.8. The van der Waals surface area contributed by atoms with Crippen LogP contribution in [0.4, 0.5) is 0 Å². The van der Waals surface area contributed by atoms with Gasteiger partial charge in [0.05, 0.1) is 13.2 Å². The molecule has 2 atom stereocenters. The van der Waals surface area contributed by atoms with Gasteiger partial charge in [-0.25, -0.2) is 0 Å². The number of carbonyl (C=O) groups excluding carboxylic acids is 1. The van der Waals surface area contributed by atoms with Gasteiger partial charge in [-0.15, -0.1) is 0 Å². The van der Waals surface area contributed by atoms with Crippen LogP contribution in [0.3, 0.4) is 0 Å². The maximum Gasteiger partial charge on any atom is 0.239 e. The van der Waals surface area contributed by atoms with Crippen molar-refractivity contribution in [2.75, 3.05) is 20.2 Å². The fourth-order valence-corrected chi connectivity index (χ4v) is 2.95. The minimum atomic E-state index is -0.361. The quantitative estimate of drug-likeness (QED) is 0.906. The summed E-state index contributed by atoms with van der Waals surface area (Å²) in [4.78, 5) is 14.3. The van der Waals surface area contributed by atoms with Gasteiger partial charge in [0.1, 0.15) is 5.75 Å². The van der Waals surface area contributed by atoms with E-state index in [4.69, 9.17) is 10.5 Å². The van der Waals surface area contributed by atoms with E-state index in [0.717, 1.165) is 31.7 Å². The Hall–Kier alpha value is -1.55. The molecule has 2 N–H and O–H groups in total. The van der Waals surface area contributed by atoms with Crippen LogP contribution in [0.5, 0.6) is 5.75 Å². The molecule has 1 aliphatic rings. The molecule has 1 unspecified atom stereocenters. The number of hydrogen-bond acceptors (Lipinski definition) is 3. The zero-order valence-electron chi connectivity index (χ0n) is 13.2. The van der Waals surface area contributed by atoms with Gasteiger partial charge in [-0.2, -0.15) is 0 Å². The van der Waals surface area contributed by atoms with Gasteiger partial charge in [0.2, 0.25) is 5.91 Å². The standard InChI is InChI=1S/C17H26N2O2/c1-12(2)10-16(18)17(20)19-9-8-14(11-19)13-4-6-15(21-3)7-5-13/h4-7,12,14,16H,8-11,18H2,1-3H3/t14?,16-/m0/s1. The van der Waals surface area contributed by atoms with E-state index in [1.54, 1.807) is 7.11 Å². The number of amides is 1. The Balaban J connectivity index is 1.94. The zero-order chi connectivity index (χ0) is 15.4. The molecule has 0 saturated carbocycles. The molecule has 1 amide bonds. The second kappa shape index (κ2) is 6.94. The van der Waals surface area contributed by atoms with E-state index in [2.05, 4.69) is 26.0 Å². The lowest BCUT2D eigenvalue weighted by atomic mass is 9.98. The van der Waals surface area contributed by atoms with Gasteiger partial charge in [0, 0.05) is 19.0 Å². The molecule has 4 nitrogen and oxygen atoms in total. The van der Waals surface area contributed by atoms with Crippen LogP contribution in [0.2, 0.25) is 0 Å². The summed E-state index contributed by atoms with van der Waals surface area (Å²) >= 11 is 0. The van der Waals surface area contributed by atoms with Crippen molar-refractivity contribution in [1.82, 2.24) is 4.90 Å². The van der Waals surface area contributed by atoms with Crippen molar-refractivity contribution in [2.45, 2.75) is 38.6 Å². The predicted octanol–water partition coefficient (Wildman–Crippen LogP) is 2.38. The number of ether oxygens (including phenoxy) is 1. The molecule has 0 aliphatic carbocycles. The van der Waals surface area contributed by atoms with Crippen molar-refractivity contribution in [1.29, 1.82) is 0 Å². The minimum absolute atomic E-state index is 0.0970. The molecule has 4 heteroatoms. The van der Waals surface area contributed by atoms with Crippen LogP contribution < -0.4 is 10.5 Å². The first-order chi connectivity index (χ1) is 10.0. The SMILES string of the molecule is COc1ccc(C2CCN(C(=O)[C@@H](N)CC(C)C)C2)cc1. The maximum atomic E-state index is 12.3. The first-order valence-corrected chi connectivity index (χ1v) is 7.69. The number of rotatable bonds is 5. The van der Waals surface area contributed by atoms with Gasteiger partial charge in [0.15, 0.2) is 0 Å². The summed E-state index contributed by atoms with van der Waals surface area (Å²) in [6, 6.07) is 7.77. The number of hydrogen-bond donors (Lipinski definition) is 1. The highest BCUT2D eigenvalue weighted by Crippen LogP contribution is 2.29. The van der Waals surface area contributed by atoms with E-state index in [9.17, 15) is 4.79 Å². The van der Waals surface area contributed by atoms with E-state index in [0.29, 0.717) is 11.8 Å². The van der Waals surface area contributed by atoms with Crippen molar-refractivity contribution >= 4 is 5.91 Å². The van der Waals surface area contributed by atoms with Crippen molar-refractivity contribution < 1.29 is 9.53 Å². The molecule has 21 heavy (non-hydrogen) atoms. The molecule has 2 rings (SSSR count). The summed E-state index contributed by atoms with van der Waals surface area (Å²) in [5, 5.41) is 0. The Kier molecular flexibility index (Phi) is 5.23. The average Bonchev–Trinajstić information content (AvgIpc) is 2.95. The van der Waals surface area contributed by atoms with Crippen LogP contribution in [0.25, 0.3) is 0 Å². The van der Waals surface area contributed by atoms with Crippen molar-refractivity contribution in [3.8, 4) is 5.75 Å². The van der Waals surface area contributed by atoms with E-state index in [1.165, 1.54) is 5.56 Å². The van der Waals surface area contributed by atoms with Crippen molar-refractivity contribution in [3.63, 3.8) is 0 Å². The second-order valence-corrected chi connectivity index (χ2v) is 6.28. The summed E-state index contributed by atoms with van der Waals surface area (Å²) in [6.45, 7) is 5.77. The lowest BCUT2D eigenvalue weighted by Crippen LogP contribution is -2.43. The Morgan fingerprint density at radius 3 is 2.62 bits per heavy atom. The maximum absolute atomic E-state index is 12.3. The molecule has 1 fully saturated rings. The molecule has 116 valence electrons. The second-order valence-electron chi connectivity index (χ2n) is 6.28. The average molecular weight is 290 g/mol. The highest BCUT2D eigenvalue weighted by atomic mass is 16.5. The Morgan fingerprint density at radius 2 is 2.05 bits per heavy atom.